The van der Waals surface area contributed by atoms with Crippen LogP contribution in [0.5, 0.6) is 5.75 Å². The topological polar surface area (TPSA) is 67.4 Å². The van der Waals surface area contributed by atoms with Crippen LogP contribution in [0, 0.1) is 5.92 Å². The summed E-state index contributed by atoms with van der Waals surface area (Å²) >= 11 is 12.0. The zero-order valence-electron chi connectivity index (χ0n) is 12.8. The summed E-state index contributed by atoms with van der Waals surface area (Å²) in [5, 5.41) is 3.62. The first kappa shape index (κ1) is 20.8. The van der Waals surface area contributed by atoms with Gasteiger partial charge in [0, 0.05) is 12.6 Å². The lowest BCUT2D eigenvalue weighted by molar-refractivity contribution is 0.358. The molecule has 9 heteroatoms. The van der Waals surface area contributed by atoms with Crippen molar-refractivity contribution in [2.75, 3.05) is 26.7 Å². The maximum Gasteiger partial charge on any atom is 0.242 e. The molecule has 0 radical (unpaired) electrons. The number of rotatable bonds is 6. The van der Waals surface area contributed by atoms with E-state index < -0.39 is 10.0 Å². The Balaban J connectivity index is 0.00000264. The molecule has 0 bridgehead atoms. The molecule has 2 N–H and O–H groups in total. The minimum atomic E-state index is -3.68. The van der Waals surface area contributed by atoms with Crippen LogP contribution < -0.4 is 14.8 Å². The molecule has 1 saturated heterocycles. The van der Waals surface area contributed by atoms with Crippen LogP contribution in [0.2, 0.25) is 10.0 Å². The standard InChI is InChI=1S/C14H20Cl2N2O3S.ClH/c1-21-13-7-12(16)14(8-11(13)15)22(19,20)18-6-4-10-3-2-5-17-9-10;/h7-8,10,17-18H,2-6,9H2,1H3;1H. The average molecular weight is 404 g/mol. The van der Waals surface area contributed by atoms with Crippen molar-refractivity contribution in [2.24, 2.45) is 5.92 Å². The summed E-state index contributed by atoms with van der Waals surface area (Å²) in [7, 11) is -2.23. The van der Waals surface area contributed by atoms with Crippen LogP contribution in [0.1, 0.15) is 19.3 Å². The number of hydrogen-bond donors (Lipinski definition) is 2. The number of methoxy groups -OCH3 is 1. The van der Waals surface area contributed by atoms with Crippen LogP contribution in [0.15, 0.2) is 17.0 Å². The monoisotopic (exact) mass is 402 g/mol. The van der Waals surface area contributed by atoms with Gasteiger partial charge in [-0.15, -0.1) is 12.4 Å². The number of hydrogen-bond acceptors (Lipinski definition) is 4. The van der Waals surface area contributed by atoms with Crippen LogP contribution in [-0.4, -0.2) is 35.2 Å². The Hall–Kier alpha value is -0.240. The second kappa shape index (κ2) is 9.30. The molecular weight excluding hydrogens is 383 g/mol. The largest absolute Gasteiger partial charge is 0.495 e. The molecule has 5 nitrogen and oxygen atoms in total. The van der Waals surface area contributed by atoms with E-state index in [-0.39, 0.29) is 27.3 Å². The molecular formula is C14H21Cl3N2O3S. The normalized spacial score (nSPS) is 18.3. The van der Waals surface area contributed by atoms with Crippen molar-refractivity contribution in [1.29, 1.82) is 0 Å². The number of sulfonamides is 1. The summed E-state index contributed by atoms with van der Waals surface area (Å²) in [5.74, 6) is 0.852. The fraction of sp³-hybridized carbons (Fsp3) is 0.571. The van der Waals surface area contributed by atoms with Gasteiger partial charge in [0.15, 0.2) is 0 Å². The van der Waals surface area contributed by atoms with Gasteiger partial charge in [0.2, 0.25) is 10.0 Å². The summed E-state index contributed by atoms with van der Waals surface area (Å²) in [5.41, 5.74) is 0. The van der Waals surface area contributed by atoms with E-state index in [0.29, 0.717) is 18.2 Å². The van der Waals surface area contributed by atoms with Crippen molar-refractivity contribution in [3.05, 3.63) is 22.2 Å². The SMILES string of the molecule is COc1cc(Cl)c(S(=O)(=O)NCCC2CCCNC2)cc1Cl.Cl. The van der Waals surface area contributed by atoms with Gasteiger partial charge in [0.1, 0.15) is 10.6 Å². The van der Waals surface area contributed by atoms with Gasteiger partial charge in [-0.25, -0.2) is 13.1 Å². The second-order valence-electron chi connectivity index (χ2n) is 5.32. The lowest BCUT2D eigenvalue weighted by Gasteiger charge is -2.22. The van der Waals surface area contributed by atoms with E-state index in [9.17, 15) is 8.42 Å². The van der Waals surface area contributed by atoms with E-state index in [0.717, 1.165) is 32.4 Å². The lowest BCUT2D eigenvalue weighted by Crippen LogP contribution is -2.33. The maximum atomic E-state index is 12.3. The molecule has 1 unspecified atom stereocenters. The summed E-state index contributed by atoms with van der Waals surface area (Å²) in [6.07, 6.45) is 3.06. The molecule has 0 amide bonds. The summed E-state index contributed by atoms with van der Waals surface area (Å²) in [6, 6.07) is 2.72. The van der Waals surface area contributed by atoms with E-state index in [4.69, 9.17) is 27.9 Å². The van der Waals surface area contributed by atoms with E-state index in [1.54, 1.807) is 0 Å². The van der Waals surface area contributed by atoms with Crippen molar-refractivity contribution in [2.45, 2.75) is 24.2 Å². The van der Waals surface area contributed by atoms with Crippen LogP contribution in [0.4, 0.5) is 0 Å². The highest BCUT2D eigenvalue weighted by Gasteiger charge is 2.21. The number of nitrogens with one attached hydrogen (secondary N) is 2. The van der Waals surface area contributed by atoms with Gasteiger partial charge >= 0.3 is 0 Å². The highest BCUT2D eigenvalue weighted by Crippen LogP contribution is 2.33. The number of ether oxygens (including phenoxy) is 1. The van der Waals surface area contributed by atoms with Crippen molar-refractivity contribution in [3.63, 3.8) is 0 Å². The Kier molecular flexibility index (Phi) is 8.41. The molecule has 1 aliphatic rings. The predicted molar refractivity (Wildman–Crippen MR) is 95.7 cm³/mol. The molecule has 1 aromatic rings. The van der Waals surface area contributed by atoms with Crippen LogP contribution in [0.3, 0.4) is 0 Å². The smallest absolute Gasteiger partial charge is 0.242 e. The molecule has 132 valence electrons. The molecule has 0 spiro atoms. The van der Waals surface area contributed by atoms with E-state index in [1.165, 1.54) is 19.2 Å². The number of piperidine rings is 1. The van der Waals surface area contributed by atoms with Crippen molar-refractivity contribution < 1.29 is 13.2 Å². The first-order valence-electron chi connectivity index (χ1n) is 7.17. The Labute approximate surface area is 153 Å². The zero-order valence-corrected chi connectivity index (χ0v) is 15.9. The fourth-order valence-electron chi connectivity index (χ4n) is 2.52. The summed E-state index contributed by atoms with van der Waals surface area (Å²) in [4.78, 5) is -0.0262. The highest BCUT2D eigenvalue weighted by molar-refractivity contribution is 7.89. The average Bonchev–Trinajstić information content (AvgIpc) is 2.50. The van der Waals surface area contributed by atoms with Gasteiger partial charge in [-0.05, 0) is 44.3 Å². The summed E-state index contributed by atoms with van der Waals surface area (Å²) < 4.78 is 32.3. The number of halogens is 3. The lowest BCUT2D eigenvalue weighted by atomic mass is 9.96. The molecule has 1 heterocycles. The molecule has 1 aliphatic heterocycles. The molecule has 0 aromatic heterocycles. The molecule has 1 atom stereocenters. The third kappa shape index (κ3) is 5.66. The van der Waals surface area contributed by atoms with Crippen molar-refractivity contribution >= 4 is 45.6 Å². The predicted octanol–water partition coefficient (Wildman–Crippen LogP) is 3.09. The number of benzene rings is 1. The quantitative estimate of drug-likeness (QED) is 0.766. The molecule has 0 saturated carbocycles. The van der Waals surface area contributed by atoms with E-state index in [2.05, 4.69) is 10.0 Å². The van der Waals surface area contributed by atoms with Crippen molar-refractivity contribution in [3.8, 4) is 5.75 Å². The first-order chi connectivity index (χ1) is 10.4. The minimum Gasteiger partial charge on any atom is -0.495 e. The highest BCUT2D eigenvalue weighted by atomic mass is 35.5. The Bertz CT molecular complexity index is 620. The Morgan fingerprint density at radius 2 is 2.09 bits per heavy atom. The fourth-order valence-corrected chi connectivity index (χ4v) is 4.41. The Morgan fingerprint density at radius 1 is 1.35 bits per heavy atom. The van der Waals surface area contributed by atoms with Crippen LogP contribution >= 0.6 is 35.6 Å². The molecule has 1 aromatic carbocycles. The van der Waals surface area contributed by atoms with E-state index >= 15 is 0 Å². The second-order valence-corrected chi connectivity index (χ2v) is 7.87. The van der Waals surface area contributed by atoms with Gasteiger partial charge in [0.05, 0.1) is 17.2 Å². The maximum absolute atomic E-state index is 12.3. The van der Waals surface area contributed by atoms with Gasteiger partial charge in [-0.1, -0.05) is 23.2 Å². The first-order valence-corrected chi connectivity index (χ1v) is 9.41. The molecule has 0 aliphatic carbocycles. The Morgan fingerprint density at radius 3 is 2.70 bits per heavy atom. The third-order valence-electron chi connectivity index (χ3n) is 3.74. The molecule has 23 heavy (non-hydrogen) atoms. The minimum absolute atomic E-state index is 0. The summed E-state index contributed by atoms with van der Waals surface area (Å²) in [6.45, 7) is 2.37. The zero-order chi connectivity index (χ0) is 16.2. The van der Waals surface area contributed by atoms with Gasteiger partial charge < -0.3 is 10.1 Å². The van der Waals surface area contributed by atoms with E-state index in [1.807, 2.05) is 0 Å². The van der Waals surface area contributed by atoms with Gasteiger partial charge in [-0.3, -0.25) is 0 Å². The van der Waals surface area contributed by atoms with Gasteiger partial charge in [0.25, 0.3) is 0 Å². The third-order valence-corrected chi connectivity index (χ3v) is 5.96. The van der Waals surface area contributed by atoms with Crippen molar-refractivity contribution in [1.82, 2.24) is 10.0 Å². The van der Waals surface area contributed by atoms with Crippen LogP contribution in [0.25, 0.3) is 0 Å². The molecule has 2 rings (SSSR count). The van der Waals surface area contributed by atoms with Gasteiger partial charge in [-0.2, -0.15) is 0 Å². The van der Waals surface area contributed by atoms with Crippen LogP contribution in [-0.2, 0) is 10.0 Å². The molecule has 1 fully saturated rings.